The summed E-state index contributed by atoms with van der Waals surface area (Å²) in [6.07, 6.45) is 4.26. The molecule has 25 nitrogen and oxygen atoms in total. The van der Waals surface area contributed by atoms with Crippen molar-refractivity contribution in [1.82, 2.24) is 34.9 Å². The fraction of sp³-hybridized carbons (Fsp3) is 0.127. The van der Waals surface area contributed by atoms with Crippen LogP contribution < -0.4 is 34.1 Å². The first kappa shape index (κ1) is 94.5. The van der Waals surface area contributed by atoms with E-state index in [0.29, 0.717) is 105 Å². The maximum absolute atomic E-state index is 12.4. The molecule has 7 aromatic carbocycles. The van der Waals surface area contributed by atoms with Crippen molar-refractivity contribution < 1.29 is 101 Å². The number of aliphatic carboxylic acids is 1. The van der Waals surface area contributed by atoms with Crippen LogP contribution >= 0.6 is 62.3 Å². The molecule has 14 aromatic rings. The van der Waals surface area contributed by atoms with Gasteiger partial charge in [-0.3, -0.25) is 4.79 Å². The predicted octanol–water partition coefficient (Wildman–Crippen LogP) is 17.2. The Balaban J connectivity index is 0.000000465. The second-order valence-corrected chi connectivity index (χ2v) is 23.5. The fourth-order valence-electron chi connectivity index (χ4n) is 8.96. The van der Waals surface area contributed by atoms with E-state index in [4.69, 9.17) is 94.9 Å². The van der Waals surface area contributed by atoms with Crippen LogP contribution in [0.2, 0.25) is 20.1 Å². The molecule has 0 bridgehead atoms. The van der Waals surface area contributed by atoms with E-state index < -0.39 is 30.1 Å². The van der Waals surface area contributed by atoms with Gasteiger partial charge in [-0.15, -0.1) is 0 Å². The molecule has 0 radical (unpaired) electrons. The van der Waals surface area contributed by atoms with E-state index in [9.17, 15) is 29.4 Å². The SMILES string of the molecule is C.C.C.C.C.COC(=O)C(Br)c1ccccc1.COC(=O)C(Oc1ccc(Cl)cc1-c1nc2ncccc2o1)c1ccccc1.Nc1ncccc1O.O=C(O)C(Oc1ccc(Cl)cc1-c1nc2ncccc2o1)c1ccccc1.O=C(O)c1cc(Cl)ccc1O.Oc1ccc(Cl)cc1-c1nc2ncccc2o1.[Li+].[OH-]. The average molecular weight is 1640 g/mol. The number of carboxylic acids is 2. The monoisotopic (exact) mass is 1630 g/mol. The molecular weight excluding hydrogens is 1560 g/mol. The number of hydrogen-bond donors (Lipinski definition) is 6. The van der Waals surface area contributed by atoms with E-state index in [1.165, 1.54) is 50.7 Å². The fourth-order valence-corrected chi connectivity index (χ4v) is 10.1. The number of phenols is 2. The molecule has 0 fully saturated rings. The number of hydrogen-bond acceptors (Lipinski definition) is 23. The number of esters is 2. The minimum atomic E-state index is -1.19. The van der Waals surface area contributed by atoms with Gasteiger partial charge >= 0.3 is 42.7 Å². The molecule has 7 aromatic heterocycles. The maximum Gasteiger partial charge on any atom is 1.00 e. The summed E-state index contributed by atoms with van der Waals surface area (Å²) in [7, 11) is 2.69. The number of rotatable bonds is 14. The van der Waals surface area contributed by atoms with Crippen LogP contribution in [0.3, 0.4) is 0 Å². The largest absolute Gasteiger partial charge is 1.00 e. The molecule has 0 aliphatic carbocycles. The van der Waals surface area contributed by atoms with Crippen LogP contribution in [0.25, 0.3) is 68.1 Å². The Labute approximate surface area is 673 Å². The Kier molecular flexibility index (Phi) is 39.5. The van der Waals surface area contributed by atoms with Gasteiger partial charge in [0.15, 0.2) is 45.3 Å². The number of alkyl halides is 1. The third-order valence-corrected chi connectivity index (χ3v) is 15.7. The van der Waals surface area contributed by atoms with Crippen molar-refractivity contribution >= 4 is 126 Å². The maximum atomic E-state index is 12.4. The van der Waals surface area contributed by atoms with Gasteiger partial charge in [0, 0.05) is 56.0 Å². The molecule has 8 N–H and O–H groups in total. The van der Waals surface area contributed by atoms with Crippen molar-refractivity contribution in [3.05, 3.63) is 279 Å². The normalized spacial score (nSPS) is 10.6. The number of fused-ring (bicyclic) bond motifs is 3. The number of oxazole rings is 3. The zero-order chi connectivity index (χ0) is 73.5. The number of ether oxygens (including phenoxy) is 4. The van der Waals surface area contributed by atoms with E-state index in [0.717, 1.165) is 5.56 Å². The number of carboxylic acid groups (broad SMARTS) is 2. The number of halogens is 5. The molecule has 0 saturated carbocycles. The first-order chi connectivity index (χ1) is 49.7. The number of pyridine rings is 4. The van der Waals surface area contributed by atoms with Crippen molar-refractivity contribution in [1.29, 1.82) is 0 Å². The minimum absolute atomic E-state index is 0. The molecule has 0 spiro atoms. The molecule has 0 amide bonds. The first-order valence-electron chi connectivity index (χ1n) is 30.0. The summed E-state index contributed by atoms with van der Waals surface area (Å²) in [6.45, 7) is 0. The Bertz CT molecular complexity index is 5110. The van der Waals surface area contributed by atoms with Crippen LogP contribution in [0.5, 0.6) is 28.7 Å². The van der Waals surface area contributed by atoms with Crippen LogP contribution in [0, 0.1) is 0 Å². The van der Waals surface area contributed by atoms with Crippen LogP contribution in [0.4, 0.5) is 5.82 Å². The van der Waals surface area contributed by atoms with Gasteiger partial charge in [0.2, 0.25) is 29.9 Å². The first-order valence-corrected chi connectivity index (χ1v) is 32.5. The van der Waals surface area contributed by atoms with Crippen molar-refractivity contribution in [2.75, 3.05) is 20.0 Å². The van der Waals surface area contributed by atoms with Crippen molar-refractivity contribution in [3.8, 4) is 63.1 Å². The molecule has 110 heavy (non-hydrogen) atoms. The van der Waals surface area contributed by atoms with Gasteiger partial charge in [0.05, 0.1) is 30.9 Å². The summed E-state index contributed by atoms with van der Waals surface area (Å²) in [4.78, 5) is 74.1. The smallest absolute Gasteiger partial charge is 0.870 e. The molecule has 3 unspecified atom stereocenters. The number of benzene rings is 7. The summed E-state index contributed by atoms with van der Waals surface area (Å²) in [5.74, 6) is -1.57. The molecule has 0 saturated heterocycles. The van der Waals surface area contributed by atoms with Gasteiger partial charge < -0.3 is 68.9 Å². The zero-order valence-electron chi connectivity index (χ0n) is 55.0. The number of nitrogens with zero attached hydrogens (tertiary/aromatic N) is 7. The number of aromatic nitrogens is 7. The van der Waals surface area contributed by atoms with Gasteiger partial charge in [-0.05, 0) is 127 Å². The molecule has 0 aliphatic rings. The van der Waals surface area contributed by atoms with E-state index in [-0.39, 0.29) is 107 Å². The third-order valence-electron chi connectivity index (χ3n) is 13.9. The third kappa shape index (κ3) is 25.8. The molecule has 570 valence electrons. The number of carbonyl (C=O) groups excluding carboxylic acids is 2. The number of phenolic OH excluding ortho intramolecular Hbond substituents is 1. The van der Waals surface area contributed by atoms with Crippen LogP contribution in [0.15, 0.2) is 250 Å². The average Bonchev–Trinajstić information content (AvgIpc) is 1.62. The Hall–Kier alpha value is -11.6. The summed E-state index contributed by atoms with van der Waals surface area (Å²) < 4.78 is 38.4. The summed E-state index contributed by atoms with van der Waals surface area (Å²) >= 11 is 26.9. The second kappa shape index (κ2) is 45.9. The summed E-state index contributed by atoms with van der Waals surface area (Å²) in [6, 6.07) is 59.2. The van der Waals surface area contributed by atoms with E-state index in [1.807, 2.05) is 48.5 Å². The Morgan fingerprint density at radius 2 is 0.782 bits per heavy atom. The van der Waals surface area contributed by atoms with E-state index >= 15 is 0 Å². The van der Waals surface area contributed by atoms with E-state index in [2.05, 4.69) is 55.6 Å². The van der Waals surface area contributed by atoms with Gasteiger partial charge in [0.25, 0.3) is 0 Å². The van der Waals surface area contributed by atoms with Gasteiger partial charge in [0.1, 0.15) is 33.4 Å². The molecular formula is C79H76BrCl4LiN8O17. The molecule has 14 rings (SSSR count). The predicted molar refractivity (Wildman–Crippen MR) is 424 cm³/mol. The minimum Gasteiger partial charge on any atom is -0.870 e. The van der Waals surface area contributed by atoms with Crippen molar-refractivity contribution in [2.45, 2.75) is 54.2 Å². The van der Waals surface area contributed by atoms with Gasteiger partial charge in [-0.25, -0.2) is 34.3 Å². The van der Waals surface area contributed by atoms with Crippen molar-refractivity contribution in [2.24, 2.45) is 0 Å². The van der Waals surface area contributed by atoms with Crippen LogP contribution in [-0.2, 0) is 23.9 Å². The second-order valence-electron chi connectivity index (χ2n) is 20.8. The molecule has 0 aliphatic heterocycles. The van der Waals surface area contributed by atoms with Crippen molar-refractivity contribution in [3.63, 3.8) is 0 Å². The topological polar surface area (TPSA) is 392 Å². The Morgan fingerprint density at radius 3 is 1.15 bits per heavy atom. The number of aromatic hydroxyl groups is 3. The number of aromatic carboxylic acids is 1. The molecule has 7 heterocycles. The summed E-state index contributed by atoms with van der Waals surface area (Å²) in [5, 5.41) is 47.2. The van der Waals surface area contributed by atoms with Gasteiger partial charge in [-0.2, -0.15) is 15.0 Å². The summed E-state index contributed by atoms with van der Waals surface area (Å²) in [5.41, 5.74) is 11.5. The molecule has 31 heteroatoms. The zero-order valence-corrected chi connectivity index (χ0v) is 59.6. The Morgan fingerprint density at radius 1 is 0.427 bits per heavy atom. The van der Waals surface area contributed by atoms with Gasteiger partial charge in [-0.1, -0.05) is 190 Å². The standard InChI is InChI=1S/C21H15ClN2O4.C20H13ClN2O4.C12H7ClN2O2.C9H9BrO2.C7H5ClO3.C5H6N2O.5CH4.Li.H2O/c1-26-21(25)18(13-6-3-2-4-7-13)27-16-10-9-14(22)12-15(16)20-24-19-17(28-20)8-5-11-23-19;21-13-8-9-15(26-17(20(24)25)12-5-2-1-3-6-12)14(11-13)19-23-18-16(27-19)7-4-10-22-18;13-7-3-4-9(16)8(6-7)12-15-11-10(17-12)2-1-5-14-11;1-12-9(11)8(10)7-5-3-2-4-6-7;8-4-1-2-6(9)5(3-4)7(10)11;6-5-4(8)2-1-3-7-5;;;;;;;/h2-12,18H,1H3;1-11,17H,(H,24,25);1-6,16H;2-6,8H,1H3;1-3,9H,(H,10,11);1-3,8H,(H2,6,7);5*1H4;;1H2/q;;;;;;;;;;;+1;/p-1. The quantitative estimate of drug-likeness (QED) is 0.0334. The number of anilines is 1. The van der Waals surface area contributed by atoms with Crippen LogP contribution in [0.1, 0.15) is 81.2 Å². The number of nitrogen functional groups attached to an aromatic ring is 1. The van der Waals surface area contributed by atoms with E-state index in [1.54, 1.807) is 152 Å². The number of methoxy groups -OCH3 is 2. The molecule has 3 atom stereocenters. The number of nitrogens with two attached hydrogens (primary N) is 1. The van der Waals surface area contributed by atoms with Crippen LogP contribution in [-0.4, -0.2) is 104 Å². The number of carbonyl (C=O) groups is 4.